The second-order valence-electron chi connectivity index (χ2n) is 4.43. The first-order chi connectivity index (χ1) is 10.8. The summed E-state index contributed by atoms with van der Waals surface area (Å²) in [6.45, 7) is 14.1. The maximum Gasteiger partial charge on any atom is -0.0181 e. The Kier molecular flexibility index (Phi) is 17.5. The molecule has 1 atom stereocenters. The SMILES string of the molecule is CC.CC.CC.Cc1ccc2cc(CCCCP)ccc2c1. The molecule has 2 rings (SSSR count). The van der Waals surface area contributed by atoms with E-state index in [1.165, 1.54) is 47.3 Å². The van der Waals surface area contributed by atoms with Crippen molar-refractivity contribution < 1.29 is 0 Å². The third-order valence-electron chi connectivity index (χ3n) is 2.98. The quantitative estimate of drug-likeness (QED) is 0.406. The molecule has 126 valence electrons. The van der Waals surface area contributed by atoms with E-state index in [0.717, 1.165) is 0 Å². The van der Waals surface area contributed by atoms with Gasteiger partial charge in [0, 0.05) is 0 Å². The zero-order valence-electron chi connectivity index (χ0n) is 15.9. The second-order valence-corrected chi connectivity index (χ2v) is 5.01. The summed E-state index contributed by atoms with van der Waals surface area (Å²) >= 11 is 0. The molecule has 0 amide bonds. The Hall–Kier alpha value is -0.870. The first-order valence-electron chi connectivity index (χ1n) is 8.99. The van der Waals surface area contributed by atoms with E-state index >= 15 is 0 Å². The standard InChI is InChI=1S/C15H19P.3C2H6/c1-12-5-7-15-11-13(4-2-3-9-16)6-8-14(15)10-12;3*1-2/h5-8,10-11H,2-4,9,16H2,1H3;3*1-2H3. The van der Waals surface area contributed by atoms with Gasteiger partial charge in [0.15, 0.2) is 0 Å². The highest BCUT2D eigenvalue weighted by molar-refractivity contribution is 7.16. The summed E-state index contributed by atoms with van der Waals surface area (Å²) in [5.41, 5.74) is 2.80. The van der Waals surface area contributed by atoms with Gasteiger partial charge in [-0.3, -0.25) is 0 Å². The summed E-state index contributed by atoms with van der Waals surface area (Å²) < 4.78 is 0. The molecule has 2 aromatic carbocycles. The Bertz CT molecular complexity index is 474. The fourth-order valence-electron chi connectivity index (χ4n) is 2.04. The average molecular weight is 321 g/mol. The van der Waals surface area contributed by atoms with Crippen molar-refractivity contribution >= 4 is 20.0 Å². The lowest BCUT2D eigenvalue weighted by Crippen LogP contribution is -1.86. The van der Waals surface area contributed by atoms with Crippen molar-refractivity contribution in [2.24, 2.45) is 0 Å². The van der Waals surface area contributed by atoms with Crippen LogP contribution in [-0.4, -0.2) is 6.16 Å². The van der Waals surface area contributed by atoms with E-state index in [-0.39, 0.29) is 0 Å². The van der Waals surface area contributed by atoms with Crippen LogP contribution in [0, 0.1) is 6.92 Å². The number of fused-ring (bicyclic) bond motifs is 1. The van der Waals surface area contributed by atoms with E-state index in [9.17, 15) is 0 Å². The van der Waals surface area contributed by atoms with Gasteiger partial charge in [0.05, 0.1) is 0 Å². The number of hydrogen-bond acceptors (Lipinski definition) is 0. The molecule has 0 aliphatic carbocycles. The van der Waals surface area contributed by atoms with Gasteiger partial charge in [0.2, 0.25) is 0 Å². The van der Waals surface area contributed by atoms with Gasteiger partial charge in [-0.1, -0.05) is 83.5 Å². The van der Waals surface area contributed by atoms with Gasteiger partial charge < -0.3 is 0 Å². The Morgan fingerprint density at radius 2 is 1.27 bits per heavy atom. The molecule has 2 aromatic rings. The summed E-state index contributed by atoms with van der Waals surface area (Å²) in [6.07, 6.45) is 5.02. The van der Waals surface area contributed by atoms with Crippen molar-refractivity contribution in [1.29, 1.82) is 0 Å². The van der Waals surface area contributed by atoms with Crippen molar-refractivity contribution in [2.45, 2.75) is 67.7 Å². The van der Waals surface area contributed by atoms with Crippen LogP contribution < -0.4 is 0 Å². The molecule has 0 saturated heterocycles. The molecule has 1 unspecified atom stereocenters. The molecule has 0 N–H and O–H groups in total. The lowest BCUT2D eigenvalue weighted by atomic mass is 10.0. The molecule has 0 aromatic heterocycles. The molecule has 1 heteroatoms. The number of rotatable bonds is 4. The predicted molar refractivity (Wildman–Crippen MR) is 110 cm³/mol. The smallest absolute Gasteiger partial charge is 0.0181 e. The lowest BCUT2D eigenvalue weighted by molar-refractivity contribution is 0.803. The molecule has 0 heterocycles. The van der Waals surface area contributed by atoms with Crippen LogP contribution in [0.2, 0.25) is 0 Å². The predicted octanol–water partition coefficient (Wildman–Crippen LogP) is 7.42. The first kappa shape index (κ1) is 23.4. The molecular weight excluding hydrogens is 283 g/mol. The number of unbranched alkanes of at least 4 members (excludes halogenated alkanes) is 1. The zero-order chi connectivity index (χ0) is 17.4. The molecule has 0 spiro atoms. The van der Waals surface area contributed by atoms with Crippen LogP contribution in [0.3, 0.4) is 0 Å². The molecule has 22 heavy (non-hydrogen) atoms. The molecule has 0 aliphatic heterocycles. The van der Waals surface area contributed by atoms with Crippen LogP contribution in [-0.2, 0) is 6.42 Å². The first-order valence-corrected chi connectivity index (χ1v) is 9.80. The van der Waals surface area contributed by atoms with Gasteiger partial charge in [-0.05, 0) is 48.7 Å². The van der Waals surface area contributed by atoms with Crippen molar-refractivity contribution in [3.63, 3.8) is 0 Å². The van der Waals surface area contributed by atoms with Gasteiger partial charge in [-0.25, -0.2) is 0 Å². The Balaban J connectivity index is 0. The number of aryl methyl sites for hydroxylation is 2. The van der Waals surface area contributed by atoms with Crippen LogP contribution in [0.1, 0.15) is 65.5 Å². The second kappa shape index (κ2) is 16.5. The zero-order valence-corrected chi connectivity index (χ0v) is 17.0. The molecule has 0 fully saturated rings. The molecule has 0 bridgehead atoms. The third kappa shape index (κ3) is 9.21. The van der Waals surface area contributed by atoms with Crippen LogP contribution in [0.4, 0.5) is 0 Å². The largest absolute Gasteiger partial charge is 0.138 e. The van der Waals surface area contributed by atoms with Crippen LogP contribution in [0.15, 0.2) is 36.4 Å². The summed E-state index contributed by atoms with van der Waals surface area (Å²) in [5, 5.41) is 2.73. The van der Waals surface area contributed by atoms with Gasteiger partial charge >= 0.3 is 0 Å². The summed E-state index contributed by atoms with van der Waals surface area (Å²) in [5.74, 6) is 0. The molecule has 0 aliphatic rings. The van der Waals surface area contributed by atoms with Crippen molar-refractivity contribution in [3.05, 3.63) is 47.5 Å². The minimum Gasteiger partial charge on any atom is -0.138 e. The normalized spacial score (nSPS) is 8.73. The third-order valence-corrected chi connectivity index (χ3v) is 3.39. The monoisotopic (exact) mass is 320 g/mol. The Labute approximate surface area is 141 Å². The van der Waals surface area contributed by atoms with Crippen LogP contribution in [0.25, 0.3) is 10.8 Å². The van der Waals surface area contributed by atoms with Crippen LogP contribution in [0.5, 0.6) is 0 Å². The number of hydrogen-bond donors (Lipinski definition) is 0. The summed E-state index contributed by atoms with van der Waals surface area (Å²) in [4.78, 5) is 0. The van der Waals surface area contributed by atoms with Gasteiger partial charge in [0.1, 0.15) is 0 Å². The summed E-state index contributed by atoms with van der Waals surface area (Å²) in [6, 6.07) is 13.5. The van der Waals surface area contributed by atoms with E-state index in [0.29, 0.717) is 0 Å². The lowest BCUT2D eigenvalue weighted by Gasteiger charge is -2.04. The van der Waals surface area contributed by atoms with Crippen molar-refractivity contribution in [1.82, 2.24) is 0 Å². The number of benzene rings is 2. The van der Waals surface area contributed by atoms with Crippen molar-refractivity contribution in [3.8, 4) is 0 Å². The molecule has 0 nitrogen and oxygen atoms in total. The Morgan fingerprint density at radius 1 is 0.727 bits per heavy atom. The minimum absolute atomic E-state index is 1.21. The molecule has 0 radical (unpaired) electrons. The minimum atomic E-state index is 1.21. The topological polar surface area (TPSA) is 0 Å². The fourth-order valence-corrected chi connectivity index (χ4v) is 2.33. The summed E-state index contributed by atoms with van der Waals surface area (Å²) in [7, 11) is 2.79. The van der Waals surface area contributed by atoms with Gasteiger partial charge in [-0.2, -0.15) is 0 Å². The van der Waals surface area contributed by atoms with E-state index in [4.69, 9.17) is 0 Å². The maximum atomic E-state index is 2.79. The fraction of sp³-hybridized carbons (Fsp3) is 0.524. The van der Waals surface area contributed by atoms with Crippen molar-refractivity contribution in [2.75, 3.05) is 6.16 Å². The van der Waals surface area contributed by atoms with Crippen LogP contribution >= 0.6 is 9.24 Å². The highest BCUT2D eigenvalue weighted by atomic mass is 31.0. The Morgan fingerprint density at radius 3 is 1.86 bits per heavy atom. The molecular formula is C21H37P. The van der Waals surface area contributed by atoms with E-state index in [1.807, 2.05) is 41.5 Å². The van der Waals surface area contributed by atoms with Gasteiger partial charge in [-0.15, -0.1) is 9.24 Å². The van der Waals surface area contributed by atoms with Gasteiger partial charge in [0.25, 0.3) is 0 Å². The van der Waals surface area contributed by atoms with E-state index in [1.54, 1.807) is 0 Å². The highest BCUT2D eigenvalue weighted by Crippen LogP contribution is 2.18. The maximum absolute atomic E-state index is 2.79. The van der Waals surface area contributed by atoms with E-state index < -0.39 is 0 Å². The molecule has 0 saturated carbocycles. The van der Waals surface area contributed by atoms with E-state index in [2.05, 4.69) is 52.6 Å². The average Bonchev–Trinajstić information content (AvgIpc) is 2.60. The highest BCUT2D eigenvalue weighted by Gasteiger charge is 1.97.